The van der Waals surface area contributed by atoms with E-state index in [0.29, 0.717) is 32.1 Å². The Morgan fingerprint density at radius 2 is 1.42 bits per heavy atom. The molecule has 0 radical (unpaired) electrons. The Bertz CT molecular complexity index is 1030. The lowest BCUT2D eigenvalue weighted by Crippen LogP contribution is -2.51. The van der Waals surface area contributed by atoms with Gasteiger partial charge in [0.05, 0.1) is 5.92 Å². The number of aliphatic carboxylic acids is 1. The van der Waals surface area contributed by atoms with E-state index in [4.69, 9.17) is 9.84 Å². The number of rotatable bonds is 6. The van der Waals surface area contributed by atoms with Gasteiger partial charge >= 0.3 is 12.1 Å². The van der Waals surface area contributed by atoms with Gasteiger partial charge in [-0.3, -0.25) is 9.59 Å². The Labute approximate surface area is 192 Å². The van der Waals surface area contributed by atoms with Crippen molar-refractivity contribution in [1.29, 1.82) is 0 Å². The summed E-state index contributed by atoms with van der Waals surface area (Å²) in [7, 11) is 0. The van der Waals surface area contributed by atoms with E-state index in [1.807, 2.05) is 24.3 Å². The summed E-state index contributed by atoms with van der Waals surface area (Å²) in [6.07, 6.45) is 2.50. The summed E-state index contributed by atoms with van der Waals surface area (Å²) in [4.78, 5) is 35.9. The first kappa shape index (κ1) is 21.5. The maximum absolute atomic E-state index is 12.4. The average molecular weight is 449 g/mol. The summed E-state index contributed by atoms with van der Waals surface area (Å²) in [5, 5.41) is 14.9. The standard InChI is InChI=1S/C26H28N2O5/c29-24(27-17-10-9-15(11-17)25(30)31)16-12-18(13-16)28-26(32)33-14-23-21-7-3-1-5-19(21)20-6-2-4-8-22(20)23/h1-8,15-18,23H,9-14H2,(H,27,29)(H,28,32)(H,30,31)/t15-,16?,17+,18?/m1/s1. The minimum Gasteiger partial charge on any atom is -0.481 e. The third-order valence-corrected chi connectivity index (χ3v) is 7.30. The highest BCUT2D eigenvalue weighted by molar-refractivity contribution is 5.81. The fraction of sp³-hybridized carbons (Fsp3) is 0.423. The van der Waals surface area contributed by atoms with E-state index in [2.05, 4.69) is 34.9 Å². The number of nitrogens with one attached hydrogen (secondary N) is 2. The van der Waals surface area contributed by atoms with E-state index >= 15 is 0 Å². The number of carboxylic acid groups (broad SMARTS) is 1. The number of carbonyl (C=O) groups excluding carboxylic acids is 2. The highest BCUT2D eigenvalue weighted by Gasteiger charge is 2.38. The van der Waals surface area contributed by atoms with Gasteiger partial charge < -0.3 is 20.5 Å². The molecule has 0 unspecified atom stereocenters. The maximum atomic E-state index is 12.4. The first-order valence-electron chi connectivity index (χ1n) is 11.6. The van der Waals surface area contributed by atoms with Gasteiger partial charge in [0.2, 0.25) is 5.91 Å². The lowest BCUT2D eigenvalue weighted by molar-refractivity contribution is -0.141. The number of hydrogen-bond acceptors (Lipinski definition) is 4. The van der Waals surface area contributed by atoms with Crippen LogP contribution in [0.4, 0.5) is 4.79 Å². The zero-order valence-corrected chi connectivity index (χ0v) is 18.3. The van der Waals surface area contributed by atoms with E-state index < -0.39 is 12.1 Å². The molecule has 172 valence electrons. The predicted octanol–water partition coefficient (Wildman–Crippen LogP) is 3.67. The molecule has 2 saturated carbocycles. The lowest BCUT2D eigenvalue weighted by Gasteiger charge is -2.35. The second-order valence-corrected chi connectivity index (χ2v) is 9.39. The second kappa shape index (κ2) is 8.89. The molecular weight excluding hydrogens is 420 g/mol. The smallest absolute Gasteiger partial charge is 0.407 e. The van der Waals surface area contributed by atoms with Crippen LogP contribution in [0.2, 0.25) is 0 Å². The molecule has 2 aromatic carbocycles. The van der Waals surface area contributed by atoms with Crippen LogP contribution >= 0.6 is 0 Å². The van der Waals surface area contributed by atoms with Gasteiger partial charge in [0, 0.05) is 23.9 Å². The van der Waals surface area contributed by atoms with Gasteiger partial charge in [-0.05, 0) is 54.4 Å². The zero-order chi connectivity index (χ0) is 22.9. The molecule has 0 bridgehead atoms. The molecule has 7 nitrogen and oxygen atoms in total. The molecule has 3 aliphatic carbocycles. The third kappa shape index (κ3) is 4.32. The van der Waals surface area contributed by atoms with E-state index in [-0.39, 0.29) is 42.4 Å². The van der Waals surface area contributed by atoms with Crippen LogP contribution in [0.25, 0.3) is 11.1 Å². The number of fused-ring (bicyclic) bond motifs is 3. The molecule has 0 aliphatic heterocycles. The topological polar surface area (TPSA) is 105 Å². The van der Waals surface area contributed by atoms with Gasteiger partial charge in [0.1, 0.15) is 6.61 Å². The Morgan fingerprint density at radius 3 is 2.03 bits per heavy atom. The third-order valence-electron chi connectivity index (χ3n) is 7.30. The van der Waals surface area contributed by atoms with Crippen molar-refractivity contribution in [3.63, 3.8) is 0 Å². The van der Waals surface area contributed by atoms with E-state index in [1.165, 1.54) is 22.3 Å². The number of alkyl carbamates (subject to hydrolysis) is 1. The maximum Gasteiger partial charge on any atom is 0.407 e. The molecule has 0 saturated heterocycles. The SMILES string of the molecule is O=C(NC1CC(C(=O)N[C@H]2CC[C@@H](C(=O)O)C2)C1)OCC1c2ccccc2-c2ccccc21. The molecule has 2 amide bonds. The summed E-state index contributed by atoms with van der Waals surface area (Å²) in [5.74, 6) is -1.32. The fourth-order valence-electron chi connectivity index (χ4n) is 5.41. The molecule has 5 rings (SSSR count). The second-order valence-electron chi connectivity index (χ2n) is 9.39. The largest absolute Gasteiger partial charge is 0.481 e. The van der Waals surface area contributed by atoms with Crippen LogP contribution in [0.15, 0.2) is 48.5 Å². The zero-order valence-electron chi connectivity index (χ0n) is 18.3. The van der Waals surface area contributed by atoms with Crippen molar-refractivity contribution in [1.82, 2.24) is 10.6 Å². The van der Waals surface area contributed by atoms with Crippen LogP contribution in [0, 0.1) is 11.8 Å². The molecule has 7 heteroatoms. The van der Waals surface area contributed by atoms with Crippen LogP contribution in [-0.2, 0) is 14.3 Å². The van der Waals surface area contributed by atoms with Crippen molar-refractivity contribution < 1.29 is 24.2 Å². The number of carbonyl (C=O) groups is 3. The van der Waals surface area contributed by atoms with Crippen molar-refractivity contribution in [2.75, 3.05) is 6.61 Å². The summed E-state index contributed by atoms with van der Waals surface area (Å²) < 4.78 is 5.58. The van der Waals surface area contributed by atoms with Gasteiger partial charge in [0.15, 0.2) is 0 Å². The first-order valence-corrected chi connectivity index (χ1v) is 11.6. The number of hydrogen-bond donors (Lipinski definition) is 3. The molecule has 2 atom stereocenters. The minimum atomic E-state index is -0.789. The van der Waals surface area contributed by atoms with Crippen LogP contribution in [-0.4, -0.2) is 41.8 Å². The Morgan fingerprint density at radius 1 is 0.818 bits per heavy atom. The number of benzene rings is 2. The highest BCUT2D eigenvalue weighted by Crippen LogP contribution is 2.44. The molecule has 33 heavy (non-hydrogen) atoms. The van der Waals surface area contributed by atoms with Gasteiger partial charge in [-0.1, -0.05) is 48.5 Å². The van der Waals surface area contributed by atoms with Crippen molar-refractivity contribution >= 4 is 18.0 Å². The highest BCUT2D eigenvalue weighted by atomic mass is 16.5. The van der Waals surface area contributed by atoms with Crippen LogP contribution in [0.1, 0.15) is 49.1 Å². The van der Waals surface area contributed by atoms with E-state index in [1.54, 1.807) is 0 Å². The quantitative estimate of drug-likeness (QED) is 0.625. The van der Waals surface area contributed by atoms with Crippen LogP contribution < -0.4 is 10.6 Å². The van der Waals surface area contributed by atoms with Crippen molar-refractivity contribution in [2.45, 2.75) is 50.1 Å². The number of ether oxygens (including phenoxy) is 1. The summed E-state index contributed by atoms with van der Waals surface area (Å²) in [6.45, 7) is 0.267. The van der Waals surface area contributed by atoms with Crippen molar-refractivity contribution in [3.8, 4) is 11.1 Å². The molecule has 0 spiro atoms. The monoisotopic (exact) mass is 448 g/mol. The molecule has 3 aliphatic rings. The van der Waals surface area contributed by atoms with Gasteiger partial charge in [0.25, 0.3) is 0 Å². The Hall–Kier alpha value is -3.35. The number of amides is 2. The Balaban J connectivity index is 1.08. The molecule has 3 N–H and O–H groups in total. The molecule has 2 fully saturated rings. The van der Waals surface area contributed by atoms with E-state index in [0.717, 1.165) is 0 Å². The van der Waals surface area contributed by atoms with E-state index in [9.17, 15) is 14.4 Å². The fourth-order valence-corrected chi connectivity index (χ4v) is 5.41. The first-order chi connectivity index (χ1) is 16.0. The van der Waals surface area contributed by atoms with Crippen LogP contribution in [0.3, 0.4) is 0 Å². The normalized spacial score (nSPS) is 25.5. The van der Waals surface area contributed by atoms with Gasteiger partial charge in [-0.15, -0.1) is 0 Å². The van der Waals surface area contributed by atoms with Crippen molar-refractivity contribution in [3.05, 3.63) is 59.7 Å². The predicted molar refractivity (Wildman–Crippen MR) is 122 cm³/mol. The molecular formula is C26H28N2O5. The molecule has 2 aromatic rings. The summed E-state index contributed by atoms with van der Waals surface area (Å²) >= 11 is 0. The average Bonchev–Trinajstić information content (AvgIpc) is 3.37. The summed E-state index contributed by atoms with van der Waals surface area (Å²) in [5.41, 5.74) is 4.71. The minimum absolute atomic E-state index is 0.0177. The molecule has 0 aromatic heterocycles. The summed E-state index contributed by atoms with van der Waals surface area (Å²) in [6, 6.07) is 16.3. The Kier molecular flexibility index (Phi) is 5.79. The number of carboxylic acids is 1. The van der Waals surface area contributed by atoms with Crippen molar-refractivity contribution in [2.24, 2.45) is 11.8 Å². The van der Waals surface area contributed by atoms with Crippen LogP contribution in [0.5, 0.6) is 0 Å². The lowest BCUT2D eigenvalue weighted by atomic mass is 9.79. The molecule has 0 heterocycles. The van der Waals surface area contributed by atoms with Gasteiger partial charge in [-0.2, -0.15) is 0 Å². The van der Waals surface area contributed by atoms with Gasteiger partial charge in [-0.25, -0.2) is 4.79 Å².